The molecule has 8 aromatic rings. The summed E-state index contributed by atoms with van der Waals surface area (Å²) in [6.45, 7) is 0. The molecule has 54 heavy (non-hydrogen) atoms. The summed E-state index contributed by atoms with van der Waals surface area (Å²) < 4.78 is 0. The van der Waals surface area contributed by atoms with Gasteiger partial charge in [0.15, 0.2) is 0 Å². The van der Waals surface area contributed by atoms with E-state index in [0.717, 1.165) is 25.7 Å². The molecule has 0 atom stereocenters. The predicted molar refractivity (Wildman–Crippen MR) is 224 cm³/mol. The van der Waals surface area contributed by atoms with E-state index in [0.29, 0.717) is 0 Å². The third-order valence-corrected chi connectivity index (χ3v) is 12.7. The summed E-state index contributed by atoms with van der Waals surface area (Å²) in [4.78, 5) is 0. The minimum atomic E-state index is 0.935. The summed E-state index contributed by atoms with van der Waals surface area (Å²) in [5, 5.41) is 0. The molecule has 4 aliphatic carbocycles. The molecule has 0 heterocycles. The number of benzene rings is 8. The Morgan fingerprint density at radius 2 is 0.444 bits per heavy atom. The van der Waals surface area contributed by atoms with E-state index in [1.807, 2.05) is 0 Å². The van der Waals surface area contributed by atoms with E-state index in [4.69, 9.17) is 0 Å². The van der Waals surface area contributed by atoms with Crippen LogP contribution in [0.5, 0.6) is 0 Å². The second-order valence-electron chi connectivity index (χ2n) is 15.4. The molecule has 0 bridgehead atoms. The van der Waals surface area contributed by atoms with Gasteiger partial charge in [0, 0.05) is 0 Å². The van der Waals surface area contributed by atoms with Crippen LogP contribution in [0.4, 0.5) is 0 Å². The minimum absolute atomic E-state index is 0.935. The van der Waals surface area contributed by atoms with Crippen LogP contribution in [0, 0.1) is 0 Å². The molecule has 0 unspecified atom stereocenters. The van der Waals surface area contributed by atoms with Gasteiger partial charge in [-0.2, -0.15) is 0 Å². The van der Waals surface area contributed by atoms with Gasteiger partial charge in [-0.3, -0.25) is 0 Å². The second-order valence-corrected chi connectivity index (χ2v) is 15.4. The first-order valence-corrected chi connectivity index (χ1v) is 19.4. The van der Waals surface area contributed by atoms with Crippen molar-refractivity contribution in [2.24, 2.45) is 0 Å². The summed E-state index contributed by atoms with van der Waals surface area (Å²) >= 11 is 0. The van der Waals surface area contributed by atoms with Gasteiger partial charge in [-0.1, -0.05) is 170 Å². The number of hydrogen-bond donors (Lipinski definition) is 0. The molecule has 0 amide bonds. The normalized spacial score (nSPS) is 13.3. The monoisotopic (exact) mass is 684 g/mol. The molecule has 0 radical (unpaired) electrons. The maximum absolute atomic E-state index is 2.43. The van der Waals surface area contributed by atoms with Gasteiger partial charge in [0.05, 0.1) is 0 Å². The Labute approximate surface area is 316 Å². The average molecular weight is 685 g/mol. The molecule has 0 saturated carbocycles. The van der Waals surface area contributed by atoms with Gasteiger partial charge in [-0.25, -0.2) is 0 Å². The van der Waals surface area contributed by atoms with Gasteiger partial charge in [-0.05, 0) is 148 Å². The lowest BCUT2D eigenvalue weighted by Crippen LogP contribution is -2.06. The van der Waals surface area contributed by atoms with Gasteiger partial charge in [0.1, 0.15) is 0 Å². The van der Waals surface area contributed by atoms with Crippen molar-refractivity contribution < 1.29 is 0 Å². The van der Waals surface area contributed by atoms with E-state index < -0.39 is 0 Å². The first-order chi connectivity index (χ1) is 26.8. The molecular formula is C54H36. The SMILES string of the molecule is c1ccc2c(c1)Cc1c(C(=C(c3cccc4c3Cc3ccccc3-4)c3cccc4c3Cc3ccccc3-4)c3cccc4c3Cc3ccccc3-4)cccc1-2. The van der Waals surface area contributed by atoms with Crippen LogP contribution in [0.25, 0.3) is 55.7 Å². The van der Waals surface area contributed by atoms with E-state index in [1.165, 1.54) is 122 Å². The van der Waals surface area contributed by atoms with Crippen molar-refractivity contribution in [3.05, 3.63) is 237 Å². The van der Waals surface area contributed by atoms with Crippen molar-refractivity contribution in [1.29, 1.82) is 0 Å². The Balaban J connectivity index is 1.24. The van der Waals surface area contributed by atoms with Gasteiger partial charge in [-0.15, -0.1) is 0 Å². The number of hydrogen-bond acceptors (Lipinski definition) is 0. The maximum Gasteiger partial charge on any atom is -0.000728 e. The maximum atomic E-state index is 2.43. The largest absolute Gasteiger partial charge is 0.0619 e. The average Bonchev–Trinajstić information content (AvgIpc) is 4.00. The van der Waals surface area contributed by atoms with Crippen LogP contribution in [0.2, 0.25) is 0 Å². The van der Waals surface area contributed by atoms with Gasteiger partial charge >= 0.3 is 0 Å². The molecule has 0 fully saturated rings. The van der Waals surface area contributed by atoms with Crippen molar-refractivity contribution in [3.63, 3.8) is 0 Å². The highest BCUT2D eigenvalue weighted by Crippen LogP contribution is 2.52. The van der Waals surface area contributed by atoms with Crippen molar-refractivity contribution >= 4 is 11.1 Å². The molecule has 12 rings (SSSR count). The van der Waals surface area contributed by atoms with E-state index in [-0.39, 0.29) is 0 Å². The van der Waals surface area contributed by atoms with E-state index in [1.54, 1.807) is 0 Å². The zero-order valence-electron chi connectivity index (χ0n) is 30.0. The first kappa shape index (κ1) is 30.0. The summed E-state index contributed by atoms with van der Waals surface area (Å²) in [5.41, 5.74) is 30.5. The molecule has 252 valence electrons. The summed E-state index contributed by atoms with van der Waals surface area (Å²) in [5.74, 6) is 0. The van der Waals surface area contributed by atoms with E-state index >= 15 is 0 Å². The van der Waals surface area contributed by atoms with Crippen LogP contribution in [-0.4, -0.2) is 0 Å². The van der Waals surface area contributed by atoms with Crippen LogP contribution >= 0.6 is 0 Å². The van der Waals surface area contributed by atoms with Gasteiger partial charge in [0.2, 0.25) is 0 Å². The predicted octanol–water partition coefficient (Wildman–Crippen LogP) is 13.0. The highest BCUT2D eigenvalue weighted by Gasteiger charge is 2.33. The molecule has 4 aliphatic rings. The van der Waals surface area contributed by atoms with Crippen molar-refractivity contribution in [3.8, 4) is 44.5 Å². The molecule has 0 spiro atoms. The quantitative estimate of drug-likeness (QED) is 0.162. The summed E-state index contributed by atoms with van der Waals surface area (Å²) in [7, 11) is 0. The standard InChI is InChI=1S/C54H36/c1-5-17-37-33(13-1)29-49-41(37)21-9-25-45(49)53(46-26-10-22-42-38-18-6-2-14-34(38)30-50(42)46)54(47-27-11-23-43-39-19-7-3-15-35(39)31-51(43)47)48-28-12-24-44-40-20-8-4-16-36(40)32-52(44)48/h1-28H,29-32H2. The van der Waals surface area contributed by atoms with Crippen LogP contribution < -0.4 is 0 Å². The lowest BCUT2D eigenvalue weighted by molar-refractivity contribution is 1.21. The molecule has 0 saturated heterocycles. The van der Waals surface area contributed by atoms with Crippen LogP contribution in [0.3, 0.4) is 0 Å². The Kier molecular flexibility index (Phi) is 6.39. The van der Waals surface area contributed by atoms with Crippen molar-refractivity contribution in [2.45, 2.75) is 25.7 Å². The third-order valence-electron chi connectivity index (χ3n) is 12.7. The molecule has 0 aromatic heterocycles. The third kappa shape index (κ3) is 4.26. The minimum Gasteiger partial charge on any atom is -0.0619 e. The van der Waals surface area contributed by atoms with E-state index in [2.05, 4.69) is 170 Å². The Morgan fingerprint density at radius 1 is 0.222 bits per heavy atom. The molecule has 0 N–H and O–H groups in total. The van der Waals surface area contributed by atoms with Crippen molar-refractivity contribution in [2.75, 3.05) is 0 Å². The molecular weight excluding hydrogens is 649 g/mol. The lowest BCUT2D eigenvalue weighted by Gasteiger charge is -2.25. The summed E-state index contributed by atoms with van der Waals surface area (Å²) in [6, 6.07) is 64.5. The molecule has 0 nitrogen and oxygen atoms in total. The van der Waals surface area contributed by atoms with Crippen LogP contribution in [0.15, 0.2) is 170 Å². The Bertz CT molecular complexity index is 2530. The molecule has 0 aliphatic heterocycles. The zero-order valence-corrected chi connectivity index (χ0v) is 30.0. The molecule has 8 aromatic carbocycles. The Hall–Kier alpha value is -6.50. The van der Waals surface area contributed by atoms with Crippen molar-refractivity contribution in [1.82, 2.24) is 0 Å². The molecule has 0 heteroatoms. The van der Waals surface area contributed by atoms with Gasteiger partial charge < -0.3 is 0 Å². The lowest BCUT2D eigenvalue weighted by atomic mass is 9.78. The van der Waals surface area contributed by atoms with Crippen LogP contribution in [0.1, 0.15) is 66.8 Å². The van der Waals surface area contributed by atoms with Gasteiger partial charge in [0.25, 0.3) is 0 Å². The first-order valence-electron chi connectivity index (χ1n) is 19.4. The zero-order chi connectivity index (χ0) is 35.3. The smallest absolute Gasteiger partial charge is 0.000728 e. The highest BCUT2D eigenvalue weighted by molar-refractivity contribution is 6.10. The van der Waals surface area contributed by atoms with Crippen LogP contribution in [-0.2, 0) is 25.7 Å². The topological polar surface area (TPSA) is 0 Å². The fourth-order valence-corrected chi connectivity index (χ4v) is 10.4. The fraction of sp³-hybridized carbons (Fsp3) is 0.0741. The Morgan fingerprint density at radius 3 is 0.704 bits per heavy atom. The fourth-order valence-electron chi connectivity index (χ4n) is 10.4. The highest BCUT2D eigenvalue weighted by atomic mass is 14.4. The summed E-state index contributed by atoms with van der Waals surface area (Å²) in [6.07, 6.45) is 3.74. The number of fused-ring (bicyclic) bond motifs is 12. The second kappa shape index (κ2) is 11.5. The number of rotatable bonds is 4. The van der Waals surface area contributed by atoms with E-state index in [9.17, 15) is 0 Å².